The summed E-state index contributed by atoms with van der Waals surface area (Å²) in [6.07, 6.45) is 2.65. The summed E-state index contributed by atoms with van der Waals surface area (Å²) >= 11 is 1.03. The lowest BCUT2D eigenvalue weighted by Gasteiger charge is -2.14. The number of carbonyl (C=O) groups is 3. The van der Waals surface area contributed by atoms with Crippen molar-refractivity contribution in [2.45, 2.75) is 31.8 Å². The lowest BCUT2D eigenvalue weighted by atomic mass is 10.1. The van der Waals surface area contributed by atoms with Gasteiger partial charge in [0.15, 0.2) is 0 Å². The van der Waals surface area contributed by atoms with Crippen molar-refractivity contribution < 1.29 is 14.4 Å². The average Bonchev–Trinajstić information content (AvgIpc) is 3.14. The number of nitrogens with zero attached hydrogens (tertiary/aromatic N) is 1. The molecular formula is C16H19N3O3S. The summed E-state index contributed by atoms with van der Waals surface area (Å²) in [6, 6.07) is 7.53. The van der Waals surface area contributed by atoms with Crippen LogP contribution in [0.5, 0.6) is 0 Å². The minimum atomic E-state index is -0.198. The summed E-state index contributed by atoms with van der Waals surface area (Å²) in [6.45, 7) is 1.27. The molecule has 2 aliphatic rings. The first-order chi connectivity index (χ1) is 11.1. The van der Waals surface area contributed by atoms with Crippen molar-refractivity contribution >= 4 is 34.5 Å². The van der Waals surface area contributed by atoms with Crippen molar-refractivity contribution in [3.05, 3.63) is 29.8 Å². The third-order valence-corrected chi connectivity index (χ3v) is 4.87. The van der Waals surface area contributed by atoms with Gasteiger partial charge in [-0.15, -0.1) is 0 Å². The highest BCUT2D eigenvalue weighted by Crippen LogP contribution is 2.22. The van der Waals surface area contributed by atoms with Gasteiger partial charge in [-0.05, 0) is 37.1 Å². The lowest BCUT2D eigenvalue weighted by Crippen LogP contribution is -2.28. The second-order valence-corrected chi connectivity index (χ2v) is 6.70. The van der Waals surface area contributed by atoms with Crippen LogP contribution in [0.4, 0.5) is 10.5 Å². The molecule has 3 amide bonds. The summed E-state index contributed by atoms with van der Waals surface area (Å²) in [7, 11) is 0. The zero-order chi connectivity index (χ0) is 16.2. The number of carbonyl (C=O) groups excluding carboxylic acids is 3. The molecule has 0 bridgehead atoms. The topological polar surface area (TPSA) is 78.5 Å². The fourth-order valence-corrected chi connectivity index (χ4v) is 3.50. The minimum Gasteiger partial charge on any atom is -0.326 e. The quantitative estimate of drug-likeness (QED) is 0.861. The number of imide groups is 1. The molecule has 2 heterocycles. The zero-order valence-corrected chi connectivity index (χ0v) is 13.5. The molecule has 1 unspecified atom stereocenters. The van der Waals surface area contributed by atoms with Gasteiger partial charge < -0.3 is 10.6 Å². The first-order valence-corrected chi connectivity index (χ1v) is 8.69. The van der Waals surface area contributed by atoms with Crippen LogP contribution < -0.4 is 10.6 Å². The molecule has 2 saturated heterocycles. The van der Waals surface area contributed by atoms with Crippen LogP contribution in [0.2, 0.25) is 0 Å². The van der Waals surface area contributed by atoms with Gasteiger partial charge in [-0.2, -0.15) is 0 Å². The van der Waals surface area contributed by atoms with Crippen LogP contribution in [0.15, 0.2) is 24.3 Å². The molecule has 0 aromatic heterocycles. The molecule has 1 aromatic rings. The first kappa shape index (κ1) is 16.0. The smallest absolute Gasteiger partial charge is 0.289 e. The largest absolute Gasteiger partial charge is 0.326 e. The van der Waals surface area contributed by atoms with Crippen LogP contribution in [-0.2, 0) is 16.1 Å². The summed E-state index contributed by atoms with van der Waals surface area (Å²) in [4.78, 5) is 36.4. The maximum Gasteiger partial charge on any atom is 0.289 e. The summed E-state index contributed by atoms with van der Waals surface area (Å²) < 4.78 is 0. The van der Waals surface area contributed by atoms with Gasteiger partial charge in [0.05, 0.1) is 12.3 Å². The highest BCUT2D eigenvalue weighted by molar-refractivity contribution is 8.14. The molecule has 6 nitrogen and oxygen atoms in total. The van der Waals surface area contributed by atoms with E-state index >= 15 is 0 Å². The normalized spacial score (nSPS) is 21.0. The van der Waals surface area contributed by atoms with E-state index in [-0.39, 0.29) is 35.4 Å². The predicted molar refractivity (Wildman–Crippen MR) is 89.1 cm³/mol. The Bertz CT molecular complexity index is 596. The molecular weight excluding hydrogens is 314 g/mol. The standard InChI is InChI=1S/C16H19N3O3S/c20-14(8-13-2-1-7-17-13)18-12-5-3-11(4-6-12)9-19-15(21)10-23-16(19)22/h3-6,13,17H,1-2,7-10H2,(H,18,20). The van der Waals surface area contributed by atoms with E-state index in [0.717, 1.165) is 42.4 Å². The van der Waals surface area contributed by atoms with Gasteiger partial charge >= 0.3 is 0 Å². The minimum absolute atomic E-state index is 0.00144. The number of nitrogens with one attached hydrogen (secondary N) is 2. The van der Waals surface area contributed by atoms with E-state index in [4.69, 9.17) is 0 Å². The third kappa shape index (κ3) is 4.11. The Kier molecular flexibility index (Phi) is 4.97. The molecule has 122 valence electrons. The second kappa shape index (κ2) is 7.14. The van der Waals surface area contributed by atoms with Crippen molar-refractivity contribution in [1.29, 1.82) is 0 Å². The zero-order valence-electron chi connectivity index (χ0n) is 12.7. The maximum absolute atomic E-state index is 12.0. The van der Waals surface area contributed by atoms with Gasteiger partial charge in [0, 0.05) is 18.2 Å². The molecule has 7 heteroatoms. The molecule has 0 spiro atoms. The van der Waals surface area contributed by atoms with E-state index in [9.17, 15) is 14.4 Å². The van der Waals surface area contributed by atoms with Crippen LogP contribution in [-0.4, -0.2) is 40.3 Å². The summed E-state index contributed by atoms with van der Waals surface area (Å²) in [5, 5.41) is 5.98. The van der Waals surface area contributed by atoms with Crippen molar-refractivity contribution in [1.82, 2.24) is 10.2 Å². The van der Waals surface area contributed by atoms with Gasteiger partial charge in [0.2, 0.25) is 11.8 Å². The molecule has 23 heavy (non-hydrogen) atoms. The maximum atomic E-state index is 12.0. The molecule has 0 radical (unpaired) electrons. The van der Waals surface area contributed by atoms with Crippen LogP contribution in [0.25, 0.3) is 0 Å². The Morgan fingerprint density at radius 1 is 1.30 bits per heavy atom. The Morgan fingerprint density at radius 3 is 2.70 bits per heavy atom. The van der Waals surface area contributed by atoms with E-state index in [1.807, 2.05) is 12.1 Å². The van der Waals surface area contributed by atoms with E-state index in [1.54, 1.807) is 12.1 Å². The monoisotopic (exact) mass is 333 g/mol. The Morgan fingerprint density at radius 2 is 2.09 bits per heavy atom. The van der Waals surface area contributed by atoms with Crippen molar-refractivity contribution in [2.75, 3.05) is 17.6 Å². The molecule has 0 aliphatic carbocycles. The Balaban J connectivity index is 1.53. The van der Waals surface area contributed by atoms with E-state index in [0.29, 0.717) is 6.42 Å². The first-order valence-electron chi connectivity index (χ1n) is 7.71. The number of hydrogen-bond donors (Lipinski definition) is 2. The van der Waals surface area contributed by atoms with Gasteiger partial charge in [-0.3, -0.25) is 19.3 Å². The molecule has 0 saturated carbocycles. The number of rotatable bonds is 5. The van der Waals surface area contributed by atoms with Crippen LogP contribution in [0.3, 0.4) is 0 Å². The molecule has 1 atom stereocenters. The average molecular weight is 333 g/mol. The van der Waals surface area contributed by atoms with Gasteiger partial charge in [0.1, 0.15) is 0 Å². The molecule has 2 fully saturated rings. The third-order valence-electron chi connectivity index (χ3n) is 4.01. The van der Waals surface area contributed by atoms with E-state index < -0.39 is 0 Å². The number of thioether (sulfide) groups is 1. The summed E-state index contributed by atoms with van der Waals surface area (Å²) in [5.41, 5.74) is 1.59. The van der Waals surface area contributed by atoms with Crippen molar-refractivity contribution in [3.63, 3.8) is 0 Å². The second-order valence-electron chi connectivity index (χ2n) is 5.78. The fourth-order valence-electron chi connectivity index (χ4n) is 2.78. The number of hydrogen-bond acceptors (Lipinski definition) is 5. The highest BCUT2D eigenvalue weighted by Gasteiger charge is 2.29. The fraction of sp³-hybridized carbons (Fsp3) is 0.438. The summed E-state index contributed by atoms with van der Waals surface area (Å²) in [5.74, 6) is 0.0715. The van der Waals surface area contributed by atoms with Crippen LogP contribution in [0, 0.1) is 0 Å². The number of anilines is 1. The van der Waals surface area contributed by atoms with E-state index in [2.05, 4.69) is 10.6 Å². The SMILES string of the molecule is O=C(CC1CCCN1)Nc1ccc(CN2C(=O)CSC2=O)cc1. The predicted octanol–water partition coefficient (Wildman–Crippen LogP) is 1.96. The van der Waals surface area contributed by atoms with Gasteiger partial charge in [-0.25, -0.2) is 0 Å². The van der Waals surface area contributed by atoms with E-state index in [1.165, 1.54) is 4.90 Å². The Hall–Kier alpha value is -1.86. The lowest BCUT2D eigenvalue weighted by molar-refractivity contribution is -0.125. The van der Waals surface area contributed by atoms with Gasteiger partial charge in [0.25, 0.3) is 5.24 Å². The molecule has 2 N–H and O–H groups in total. The molecule has 3 rings (SSSR count). The van der Waals surface area contributed by atoms with Crippen molar-refractivity contribution in [2.24, 2.45) is 0 Å². The molecule has 2 aliphatic heterocycles. The van der Waals surface area contributed by atoms with Crippen molar-refractivity contribution in [3.8, 4) is 0 Å². The van der Waals surface area contributed by atoms with Crippen LogP contribution >= 0.6 is 11.8 Å². The molecule has 1 aromatic carbocycles. The number of amides is 3. The number of benzene rings is 1. The van der Waals surface area contributed by atoms with Crippen LogP contribution in [0.1, 0.15) is 24.8 Å². The Labute approximate surface area is 139 Å². The van der Waals surface area contributed by atoms with Gasteiger partial charge in [-0.1, -0.05) is 23.9 Å². The highest BCUT2D eigenvalue weighted by atomic mass is 32.2.